The van der Waals surface area contributed by atoms with Crippen LogP contribution in [0.4, 0.5) is 0 Å². The fourth-order valence-corrected chi connectivity index (χ4v) is 7.82. The van der Waals surface area contributed by atoms with Crippen LogP contribution >= 0.6 is 11.3 Å². The average Bonchev–Trinajstić information content (AvgIpc) is 3.64. The molecule has 12 nitrogen and oxygen atoms in total. The Morgan fingerprint density at radius 3 is 2.22 bits per heavy atom. The SMILES string of the molecule is CN(C)CCCCCC(N)=O.COC(=O)C(C)CC(Cc1ccccc1)NC(=O)c1csc(C(CC(C(C)C)N(C)C(=O)CC2CCCCC2)OC(C)=O)n1. The van der Waals surface area contributed by atoms with Crippen LogP contribution in [-0.4, -0.2) is 91.3 Å². The summed E-state index contributed by atoms with van der Waals surface area (Å²) >= 11 is 1.26. The van der Waals surface area contributed by atoms with E-state index < -0.39 is 18.0 Å². The van der Waals surface area contributed by atoms with Gasteiger partial charge in [-0.05, 0) is 76.6 Å². The van der Waals surface area contributed by atoms with Crippen LogP contribution in [0.25, 0.3) is 0 Å². The number of hydrogen-bond acceptors (Lipinski definition) is 10. The van der Waals surface area contributed by atoms with Gasteiger partial charge in [-0.25, -0.2) is 4.98 Å². The van der Waals surface area contributed by atoms with E-state index in [1.165, 1.54) is 44.6 Å². The molecule has 3 rings (SSSR count). The second-order valence-corrected chi connectivity index (χ2v) is 16.4. The molecule has 0 spiro atoms. The zero-order valence-electron chi connectivity index (χ0n) is 34.5. The largest absolute Gasteiger partial charge is 0.469 e. The molecular weight excluding hydrogens is 719 g/mol. The highest BCUT2D eigenvalue weighted by Crippen LogP contribution is 2.32. The number of benzene rings is 1. The van der Waals surface area contributed by atoms with E-state index >= 15 is 0 Å². The first-order valence-electron chi connectivity index (χ1n) is 19.8. The Hall–Kier alpha value is -3.84. The van der Waals surface area contributed by atoms with E-state index in [-0.39, 0.29) is 47.4 Å². The zero-order valence-corrected chi connectivity index (χ0v) is 35.3. The summed E-state index contributed by atoms with van der Waals surface area (Å²) in [5, 5.41) is 5.22. The van der Waals surface area contributed by atoms with Gasteiger partial charge < -0.3 is 30.3 Å². The minimum absolute atomic E-state index is 0.113. The fourth-order valence-electron chi connectivity index (χ4n) is 6.98. The second-order valence-electron chi connectivity index (χ2n) is 15.5. The lowest BCUT2D eigenvalue weighted by Crippen LogP contribution is -2.42. The van der Waals surface area contributed by atoms with Crippen LogP contribution in [0.3, 0.4) is 0 Å². The van der Waals surface area contributed by atoms with E-state index in [1.54, 1.807) is 12.3 Å². The van der Waals surface area contributed by atoms with E-state index in [4.69, 9.17) is 15.2 Å². The molecule has 3 amide bonds. The molecule has 3 N–H and O–H groups in total. The highest BCUT2D eigenvalue weighted by molar-refractivity contribution is 7.09. The number of carbonyl (C=O) groups excluding carboxylic acids is 5. The van der Waals surface area contributed by atoms with Crippen molar-refractivity contribution in [1.29, 1.82) is 0 Å². The molecule has 2 aromatic rings. The third-order valence-electron chi connectivity index (χ3n) is 10.1. The summed E-state index contributed by atoms with van der Waals surface area (Å²) in [6.45, 7) is 8.35. The van der Waals surface area contributed by atoms with Crippen LogP contribution in [0.1, 0.15) is 132 Å². The Morgan fingerprint density at radius 2 is 1.64 bits per heavy atom. The van der Waals surface area contributed by atoms with Crippen molar-refractivity contribution in [2.75, 3.05) is 34.8 Å². The molecule has 1 heterocycles. The van der Waals surface area contributed by atoms with Gasteiger partial charge in [-0.15, -0.1) is 11.3 Å². The minimum atomic E-state index is -0.698. The summed E-state index contributed by atoms with van der Waals surface area (Å²) in [4.78, 5) is 69.8. The Kier molecular flexibility index (Phi) is 21.8. The number of primary amides is 1. The Balaban J connectivity index is 0.000000823. The smallest absolute Gasteiger partial charge is 0.308 e. The molecule has 0 radical (unpaired) electrons. The average molecular weight is 786 g/mol. The number of ether oxygens (including phenoxy) is 2. The molecular formula is C42H67N5O7S. The molecule has 13 heteroatoms. The van der Waals surface area contributed by atoms with Gasteiger partial charge in [0, 0.05) is 50.7 Å². The number of unbranched alkanes of at least 4 members (excludes halogenated alkanes) is 2. The summed E-state index contributed by atoms with van der Waals surface area (Å²) in [6.07, 6.45) is 10.7. The Bertz CT molecular complexity index is 1460. The number of aromatic nitrogens is 1. The van der Waals surface area contributed by atoms with Gasteiger partial charge in [0.05, 0.1) is 13.0 Å². The number of nitrogens with two attached hydrogens (primary N) is 1. The van der Waals surface area contributed by atoms with Gasteiger partial charge in [-0.2, -0.15) is 0 Å². The molecule has 1 aliphatic rings. The van der Waals surface area contributed by atoms with Gasteiger partial charge in [0.1, 0.15) is 10.7 Å². The van der Waals surface area contributed by atoms with Crippen molar-refractivity contribution in [2.45, 2.75) is 129 Å². The van der Waals surface area contributed by atoms with Crippen molar-refractivity contribution in [3.8, 4) is 0 Å². The number of carbonyl (C=O) groups is 5. The first-order chi connectivity index (χ1) is 26.1. The van der Waals surface area contributed by atoms with Crippen molar-refractivity contribution in [3.05, 3.63) is 52.0 Å². The molecule has 0 aliphatic heterocycles. The van der Waals surface area contributed by atoms with Gasteiger partial charge >= 0.3 is 11.9 Å². The molecule has 1 aromatic heterocycles. The monoisotopic (exact) mass is 785 g/mol. The highest BCUT2D eigenvalue weighted by atomic mass is 32.1. The second kappa shape index (κ2) is 25.3. The molecule has 308 valence electrons. The molecule has 0 bridgehead atoms. The van der Waals surface area contributed by atoms with Crippen molar-refractivity contribution in [1.82, 2.24) is 20.1 Å². The van der Waals surface area contributed by atoms with Crippen LogP contribution in [0.5, 0.6) is 0 Å². The molecule has 1 fully saturated rings. The maximum absolute atomic E-state index is 13.4. The van der Waals surface area contributed by atoms with Crippen molar-refractivity contribution < 1.29 is 33.4 Å². The lowest BCUT2D eigenvalue weighted by molar-refractivity contribution is -0.148. The number of nitrogens with one attached hydrogen (secondary N) is 1. The molecule has 0 saturated heterocycles. The number of amides is 3. The van der Waals surface area contributed by atoms with E-state index in [9.17, 15) is 24.0 Å². The molecule has 4 atom stereocenters. The van der Waals surface area contributed by atoms with E-state index in [0.29, 0.717) is 43.0 Å². The third kappa shape index (κ3) is 18.6. The summed E-state index contributed by atoms with van der Waals surface area (Å²) < 4.78 is 10.6. The summed E-state index contributed by atoms with van der Waals surface area (Å²) in [5.74, 6) is -1.08. The van der Waals surface area contributed by atoms with Crippen LogP contribution in [-0.2, 0) is 35.1 Å². The van der Waals surface area contributed by atoms with Crippen molar-refractivity contribution >= 4 is 41.0 Å². The number of hydrogen-bond donors (Lipinski definition) is 2. The standard InChI is InChI=1S/C34H49N3O6S.C8H18N2O/c1-22(2)29(37(5)31(39)19-26-15-11-8-12-16-26)20-30(43-24(4)38)33-36-28(21-44-33)32(40)35-27(17-23(3)34(41)42-6)18-25-13-9-7-10-14-25;1-10(2)7-5-3-4-6-8(9)11/h7,9-10,13-14,21-23,26-27,29-30H,8,11-12,15-20H2,1-6H3,(H,35,40);3-7H2,1-2H3,(H2,9,11). The van der Waals surface area contributed by atoms with Crippen molar-refractivity contribution in [2.24, 2.45) is 23.5 Å². The molecule has 1 aromatic carbocycles. The van der Waals surface area contributed by atoms with E-state index in [0.717, 1.165) is 44.2 Å². The number of methoxy groups -OCH3 is 1. The molecule has 1 aliphatic carbocycles. The van der Waals surface area contributed by atoms with Crippen LogP contribution in [0.15, 0.2) is 35.7 Å². The molecule has 4 unspecified atom stereocenters. The Morgan fingerprint density at radius 1 is 0.964 bits per heavy atom. The van der Waals surface area contributed by atoms with Gasteiger partial charge in [0.2, 0.25) is 11.8 Å². The summed E-state index contributed by atoms with van der Waals surface area (Å²) in [6, 6.07) is 9.26. The first-order valence-corrected chi connectivity index (χ1v) is 20.7. The molecule has 55 heavy (non-hydrogen) atoms. The fraction of sp³-hybridized carbons (Fsp3) is 0.667. The van der Waals surface area contributed by atoms with E-state index in [1.807, 2.05) is 56.4 Å². The lowest BCUT2D eigenvalue weighted by Gasteiger charge is -2.34. The maximum Gasteiger partial charge on any atom is 0.308 e. The van der Waals surface area contributed by atoms with Crippen LogP contribution in [0.2, 0.25) is 0 Å². The predicted molar refractivity (Wildman–Crippen MR) is 217 cm³/mol. The third-order valence-corrected chi connectivity index (χ3v) is 11.0. The quantitative estimate of drug-likeness (QED) is 0.103. The summed E-state index contributed by atoms with van der Waals surface area (Å²) in [7, 11) is 7.29. The minimum Gasteiger partial charge on any atom is -0.469 e. The van der Waals surface area contributed by atoms with Gasteiger partial charge in [0.15, 0.2) is 6.10 Å². The number of rotatable bonds is 21. The highest BCUT2D eigenvalue weighted by Gasteiger charge is 2.32. The van der Waals surface area contributed by atoms with Gasteiger partial charge in [-0.3, -0.25) is 24.0 Å². The zero-order chi connectivity index (χ0) is 40.9. The number of thiazole rings is 1. The summed E-state index contributed by atoms with van der Waals surface area (Å²) in [5.41, 5.74) is 6.23. The predicted octanol–water partition coefficient (Wildman–Crippen LogP) is 6.72. The normalized spacial score (nSPS) is 15.2. The van der Waals surface area contributed by atoms with Crippen LogP contribution in [0, 0.1) is 17.8 Å². The number of nitrogens with zero attached hydrogens (tertiary/aromatic N) is 3. The van der Waals surface area contributed by atoms with Gasteiger partial charge in [0.25, 0.3) is 5.91 Å². The molecule has 1 saturated carbocycles. The van der Waals surface area contributed by atoms with Gasteiger partial charge in [-0.1, -0.05) is 76.8 Å². The van der Waals surface area contributed by atoms with Crippen molar-refractivity contribution in [3.63, 3.8) is 0 Å². The first kappa shape index (κ1) is 47.3. The van der Waals surface area contributed by atoms with Crippen LogP contribution < -0.4 is 11.1 Å². The topological polar surface area (TPSA) is 161 Å². The van der Waals surface area contributed by atoms with E-state index in [2.05, 4.69) is 29.0 Å². The maximum atomic E-state index is 13.4. The number of esters is 2. The Labute approximate surface area is 333 Å². The lowest BCUT2D eigenvalue weighted by atomic mass is 9.86.